The average molecular weight is 292 g/mol. The second-order valence-electron chi connectivity index (χ2n) is 5.09. The van der Waals surface area contributed by atoms with Crippen LogP contribution < -0.4 is 5.32 Å². The Kier molecular flexibility index (Phi) is 3.92. The molecule has 0 spiro atoms. The van der Waals surface area contributed by atoms with Gasteiger partial charge in [-0.3, -0.25) is 0 Å². The Bertz CT molecular complexity index is 537. The van der Waals surface area contributed by atoms with Gasteiger partial charge in [0.1, 0.15) is 0 Å². The molecule has 1 aromatic heterocycles. The van der Waals surface area contributed by atoms with Crippen molar-refractivity contribution in [2.45, 2.75) is 25.3 Å². The minimum Gasteiger partial charge on any atom is -0.309 e. The molecule has 0 amide bonds. The highest BCUT2D eigenvalue weighted by atomic mass is 35.5. The van der Waals surface area contributed by atoms with Crippen molar-refractivity contribution in [3.63, 3.8) is 0 Å². The number of benzene rings is 1. The van der Waals surface area contributed by atoms with E-state index in [1.165, 1.54) is 16.9 Å². The summed E-state index contributed by atoms with van der Waals surface area (Å²) in [5.74, 6) is 1.41. The first kappa shape index (κ1) is 13.2. The Morgan fingerprint density at radius 1 is 1.26 bits per heavy atom. The number of halogens is 1. The quantitative estimate of drug-likeness (QED) is 0.830. The minimum atomic E-state index is 0.452. The topological polar surface area (TPSA) is 12.0 Å². The van der Waals surface area contributed by atoms with Crippen molar-refractivity contribution >= 4 is 22.9 Å². The molecule has 1 N–H and O–H groups in total. The standard InChI is InChI=1S/C16H18ClNS/c1-2-18-16(14-8-9-15(17)19-14)13-10-12(13)11-6-4-3-5-7-11/h3-9,12-13,16,18H,2,10H2,1H3. The summed E-state index contributed by atoms with van der Waals surface area (Å²) in [6, 6.07) is 15.5. The maximum Gasteiger partial charge on any atom is 0.0931 e. The van der Waals surface area contributed by atoms with E-state index >= 15 is 0 Å². The van der Waals surface area contributed by atoms with Crippen LogP contribution in [0.25, 0.3) is 0 Å². The number of rotatable bonds is 5. The lowest BCUT2D eigenvalue weighted by atomic mass is 10.0. The highest BCUT2D eigenvalue weighted by Gasteiger charge is 2.44. The summed E-state index contributed by atoms with van der Waals surface area (Å²) in [6.07, 6.45) is 1.27. The van der Waals surface area contributed by atoms with Crippen LogP contribution in [0.2, 0.25) is 4.34 Å². The molecule has 0 bridgehead atoms. The molecule has 1 aromatic carbocycles. The predicted molar refractivity (Wildman–Crippen MR) is 83.0 cm³/mol. The fourth-order valence-corrected chi connectivity index (χ4v) is 4.06. The van der Waals surface area contributed by atoms with E-state index in [2.05, 4.69) is 48.6 Å². The monoisotopic (exact) mass is 291 g/mol. The average Bonchev–Trinajstić information content (AvgIpc) is 3.12. The van der Waals surface area contributed by atoms with Crippen LogP contribution in [-0.2, 0) is 0 Å². The summed E-state index contributed by atoms with van der Waals surface area (Å²) in [5.41, 5.74) is 1.47. The maximum absolute atomic E-state index is 6.07. The molecule has 0 aliphatic heterocycles. The van der Waals surface area contributed by atoms with Crippen LogP contribution in [-0.4, -0.2) is 6.54 Å². The van der Waals surface area contributed by atoms with E-state index in [9.17, 15) is 0 Å². The first-order valence-corrected chi connectivity index (χ1v) is 8.02. The van der Waals surface area contributed by atoms with E-state index < -0.39 is 0 Å². The molecule has 1 fully saturated rings. The smallest absolute Gasteiger partial charge is 0.0931 e. The lowest BCUT2D eigenvalue weighted by Crippen LogP contribution is -2.22. The van der Waals surface area contributed by atoms with E-state index in [0.29, 0.717) is 17.9 Å². The van der Waals surface area contributed by atoms with Gasteiger partial charge in [0.05, 0.1) is 4.34 Å². The first-order valence-electron chi connectivity index (χ1n) is 6.83. The van der Waals surface area contributed by atoms with Crippen LogP contribution in [0.1, 0.15) is 35.7 Å². The lowest BCUT2D eigenvalue weighted by molar-refractivity contribution is 0.494. The van der Waals surface area contributed by atoms with Crippen LogP contribution in [0.5, 0.6) is 0 Å². The van der Waals surface area contributed by atoms with Gasteiger partial charge in [0.15, 0.2) is 0 Å². The summed E-state index contributed by atoms with van der Waals surface area (Å²) >= 11 is 7.78. The van der Waals surface area contributed by atoms with E-state index in [4.69, 9.17) is 11.6 Å². The molecule has 3 heteroatoms. The van der Waals surface area contributed by atoms with Gasteiger partial charge in [-0.25, -0.2) is 0 Å². The van der Waals surface area contributed by atoms with Gasteiger partial charge >= 0.3 is 0 Å². The first-order chi connectivity index (χ1) is 9.29. The molecule has 2 aromatic rings. The van der Waals surface area contributed by atoms with Gasteiger partial charge < -0.3 is 5.32 Å². The molecule has 1 aliphatic rings. The minimum absolute atomic E-state index is 0.452. The van der Waals surface area contributed by atoms with Crippen LogP contribution in [0.4, 0.5) is 0 Å². The van der Waals surface area contributed by atoms with Gasteiger partial charge in [-0.05, 0) is 42.5 Å². The largest absolute Gasteiger partial charge is 0.309 e. The number of hydrogen-bond donors (Lipinski definition) is 1. The summed E-state index contributed by atoms with van der Waals surface area (Å²) < 4.78 is 0.884. The zero-order valence-electron chi connectivity index (χ0n) is 11.0. The Balaban J connectivity index is 1.76. The van der Waals surface area contributed by atoms with E-state index in [-0.39, 0.29) is 0 Å². The van der Waals surface area contributed by atoms with Gasteiger partial charge in [-0.15, -0.1) is 11.3 Å². The molecule has 3 atom stereocenters. The number of nitrogens with one attached hydrogen (secondary N) is 1. The van der Waals surface area contributed by atoms with E-state index in [1.54, 1.807) is 11.3 Å². The van der Waals surface area contributed by atoms with Gasteiger partial charge in [-0.2, -0.15) is 0 Å². The van der Waals surface area contributed by atoms with Gasteiger partial charge in [0.25, 0.3) is 0 Å². The number of hydrogen-bond acceptors (Lipinski definition) is 2. The molecule has 1 aliphatic carbocycles. The summed E-state index contributed by atoms with van der Waals surface area (Å²) in [6.45, 7) is 3.17. The Morgan fingerprint density at radius 3 is 2.68 bits per heavy atom. The Morgan fingerprint density at radius 2 is 2.05 bits per heavy atom. The van der Waals surface area contributed by atoms with Crippen molar-refractivity contribution in [2.75, 3.05) is 6.54 Å². The fourth-order valence-electron chi connectivity index (χ4n) is 2.84. The second-order valence-corrected chi connectivity index (χ2v) is 6.84. The summed E-state index contributed by atoms with van der Waals surface area (Å²) in [4.78, 5) is 1.37. The van der Waals surface area contributed by atoms with Crippen molar-refractivity contribution < 1.29 is 0 Å². The van der Waals surface area contributed by atoms with Crippen molar-refractivity contribution in [1.29, 1.82) is 0 Å². The van der Waals surface area contributed by atoms with Gasteiger partial charge in [-0.1, -0.05) is 48.9 Å². The van der Waals surface area contributed by atoms with Crippen LogP contribution in [0.3, 0.4) is 0 Å². The lowest BCUT2D eigenvalue weighted by Gasteiger charge is -2.16. The van der Waals surface area contributed by atoms with Gasteiger partial charge in [0.2, 0.25) is 0 Å². The highest BCUT2D eigenvalue weighted by Crippen LogP contribution is 2.54. The van der Waals surface area contributed by atoms with E-state index in [1.807, 2.05) is 6.07 Å². The molecular formula is C16H18ClNS. The SMILES string of the molecule is CCNC(c1ccc(Cl)s1)C1CC1c1ccccc1. The predicted octanol–water partition coefficient (Wildman–Crippen LogP) is 4.86. The van der Waals surface area contributed by atoms with Crippen molar-refractivity contribution in [1.82, 2.24) is 5.32 Å². The second kappa shape index (κ2) is 5.66. The fraction of sp³-hybridized carbons (Fsp3) is 0.375. The zero-order chi connectivity index (χ0) is 13.2. The van der Waals surface area contributed by atoms with Crippen LogP contribution >= 0.6 is 22.9 Å². The van der Waals surface area contributed by atoms with Crippen LogP contribution in [0.15, 0.2) is 42.5 Å². The number of thiophene rings is 1. The summed E-state index contributed by atoms with van der Waals surface area (Å²) in [5, 5.41) is 3.63. The Hall–Kier alpha value is -0.830. The van der Waals surface area contributed by atoms with Crippen LogP contribution in [0, 0.1) is 5.92 Å². The molecule has 1 nitrogen and oxygen atoms in total. The molecule has 3 unspecified atom stereocenters. The molecule has 0 saturated heterocycles. The van der Waals surface area contributed by atoms with E-state index in [0.717, 1.165) is 10.9 Å². The maximum atomic E-state index is 6.07. The molecule has 1 heterocycles. The zero-order valence-corrected chi connectivity index (χ0v) is 12.5. The molecule has 19 heavy (non-hydrogen) atoms. The molecule has 3 rings (SSSR count). The third kappa shape index (κ3) is 2.86. The molecule has 0 radical (unpaired) electrons. The Labute approximate surface area is 123 Å². The molecule has 1 saturated carbocycles. The van der Waals surface area contributed by atoms with Crippen molar-refractivity contribution in [3.8, 4) is 0 Å². The molecular weight excluding hydrogens is 274 g/mol. The molecule has 100 valence electrons. The third-order valence-electron chi connectivity index (χ3n) is 3.82. The van der Waals surface area contributed by atoms with Crippen molar-refractivity contribution in [3.05, 3.63) is 57.2 Å². The van der Waals surface area contributed by atoms with Crippen molar-refractivity contribution in [2.24, 2.45) is 5.92 Å². The normalized spacial score (nSPS) is 23.3. The third-order valence-corrected chi connectivity index (χ3v) is 5.13. The summed E-state index contributed by atoms with van der Waals surface area (Å²) in [7, 11) is 0. The van der Waals surface area contributed by atoms with Gasteiger partial charge in [0, 0.05) is 10.9 Å². The highest BCUT2D eigenvalue weighted by molar-refractivity contribution is 7.16.